The van der Waals surface area contributed by atoms with Crippen molar-refractivity contribution >= 4 is 79.1 Å². The first-order chi connectivity index (χ1) is 27.7. The van der Waals surface area contributed by atoms with E-state index in [1.165, 1.54) is 24.3 Å². The van der Waals surface area contributed by atoms with Gasteiger partial charge in [0.05, 0.1) is 9.79 Å². The number of pyridine rings is 1. The molecular formula is C46H40N2O8S2. The third-order valence-corrected chi connectivity index (χ3v) is 11.7. The van der Waals surface area contributed by atoms with Crippen LogP contribution in [0.5, 0.6) is 0 Å². The molecule has 0 radical (unpaired) electrons. The molecular weight excluding hydrogens is 773 g/mol. The van der Waals surface area contributed by atoms with E-state index in [2.05, 4.69) is 23.3 Å². The molecule has 2 aliphatic rings. The van der Waals surface area contributed by atoms with E-state index < -0.39 is 20.2 Å². The number of aryl methyl sites for hydroxylation is 1. The van der Waals surface area contributed by atoms with Crippen molar-refractivity contribution in [2.75, 3.05) is 11.4 Å². The number of rotatable bonds is 12. The molecule has 0 fully saturated rings. The van der Waals surface area contributed by atoms with Crippen LogP contribution in [0.25, 0.3) is 47.4 Å². The van der Waals surface area contributed by atoms with Crippen molar-refractivity contribution in [3.8, 4) is 0 Å². The highest BCUT2D eigenvalue weighted by atomic mass is 32.2. The van der Waals surface area contributed by atoms with E-state index in [0.29, 0.717) is 13.1 Å². The summed E-state index contributed by atoms with van der Waals surface area (Å²) in [7, 11) is -8.52. The fourth-order valence-electron chi connectivity index (χ4n) is 7.00. The number of Topliss-reactive ketones (excluding diaryl/α,β-unsaturated/α-hetero) is 1. The topological polar surface area (TPSA) is 156 Å². The number of fused-ring (bicyclic) bond motifs is 2. The van der Waals surface area contributed by atoms with Crippen LogP contribution in [0.4, 0.5) is 5.69 Å². The highest BCUT2D eigenvalue weighted by Gasteiger charge is 2.29. The van der Waals surface area contributed by atoms with Crippen molar-refractivity contribution in [3.63, 3.8) is 0 Å². The molecule has 7 rings (SSSR count). The van der Waals surface area contributed by atoms with Gasteiger partial charge in [-0.3, -0.25) is 13.9 Å². The predicted molar refractivity (Wildman–Crippen MR) is 226 cm³/mol. The van der Waals surface area contributed by atoms with Gasteiger partial charge in [0, 0.05) is 59.1 Å². The third-order valence-electron chi connectivity index (χ3n) is 9.93. The van der Waals surface area contributed by atoms with Crippen LogP contribution in [0.3, 0.4) is 0 Å². The zero-order valence-electron chi connectivity index (χ0n) is 31.7. The monoisotopic (exact) mass is 812 g/mol. The summed E-state index contributed by atoms with van der Waals surface area (Å²) >= 11 is 0. The average Bonchev–Trinajstić information content (AvgIpc) is 3.21. The standard InChI is InChI=1S/C46H40N2O8S2/c1-3-25-47-37(17-15-35-27-33(13-23-43(35)47)7-5-31-9-19-39(20-10-31)57(51,52)53)29-41-45(49)42(46(41)50)30-38-18-16-36-28-34(14-24-44(36)48(38)26-4-2)8-6-32-11-21-40(22-12-32)58(54,55)56/h5-24,27-30H,3-4,25-26H2,1-2H3,(H2-,49,50,51,52,53,54,55,56)/b7-5+,8-6+. The Hall–Kier alpha value is -6.18. The molecule has 1 aliphatic heterocycles. The Balaban J connectivity index is 1.11. The van der Waals surface area contributed by atoms with Gasteiger partial charge >= 0.3 is 0 Å². The van der Waals surface area contributed by atoms with Crippen molar-refractivity contribution in [1.82, 2.24) is 0 Å². The molecule has 10 nitrogen and oxygen atoms in total. The lowest BCUT2D eigenvalue weighted by molar-refractivity contribution is -0.673. The van der Waals surface area contributed by atoms with E-state index in [-0.39, 0.29) is 32.5 Å². The maximum atomic E-state index is 13.6. The van der Waals surface area contributed by atoms with Crippen molar-refractivity contribution in [2.45, 2.75) is 43.0 Å². The molecule has 0 unspecified atom stereocenters. The minimum absolute atomic E-state index is 0.141. The second-order valence-electron chi connectivity index (χ2n) is 14.0. The zero-order chi connectivity index (χ0) is 41.2. The molecule has 0 bridgehead atoms. The van der Waals surface area contributed by atoms with E-state index >= 15 is 0 Å². The highest BCUT2D eigenvalue weighted by molar-refractivity contribution is 7.86. The molecule has 2 N–H and O–H groups in total. The fraction of sp³-hybridized carbons (Fsp3) is 0.130. The maximum absolute atomic E-state index is 13.6. The van der Waals surface area contributed by atoms with Gasteiger partial charge in [-0.05, 0) is 101 Å². The van der Waals surface area contributed by atoms with Crippen LogP contribution in [0.1, 0.15) is 60.2 Å². The van der Waals surface area contributed by atoms with Crippen molar-refractivity contribution in [2.24, 2.45) is 0 Å². The summed E-state index contributed by atoms with van der Waals surface area (Å²) in [6, 6.07) is 27.8. The van der Waals surface area contributed by atoms with Gasteiger partial charge in [0.25, 0.3) is 20.2 Å². The largest absolute Gasteiger partial charge is 0.871 e. The summed E-state index contributed by atoms with van der Waals surface area (Å²) in [5, 5.41) is 14.5. The number of ketones is 1. The van der Waals surface area contributed by atoms with Gasteiger partial charge in [-0.2, -0.15) is 21.4 Å². The van der Waals surface area contributed by atoms with Crippen molar-refractivity contribution in [1.29, 1.82) is 0 Å². The minimum atomic E-state index is -4.26. The predicted octanol–water partition coefficient (Wildman–Crippen LogP) is 7.78. The first-order valence-corrected chi connectivity index (χ1v) is 21.6. The van der Waals surface area contributed by atoms with Crippen LogP contribution in [-0.2, 0) is 31.6 Å². The van der Waals surface area contributed by atoms with Crippen LogP contribution in [-0.4, -0.2) is 38.3 Å². The number of carbonyl (C=O) groups excluding carboxylic acids is 1. The number of benzene rings is 4. The Morgan fingerprint density at radius 2 is 1.24 bits per heavy atom. The summed E-state index contributed by atoms with van der Waals surface area (Å²) in [5.41, 5.74) is 8.04. The molecule has 0 amide bonds. The van der Waals surface area contributed by atoms with Crippen LogP contribution in [0.2, 0.25) is 0 Å². The normalized spacial score (nSPS) is 16.0. The van der Waals surface area contributed by atoms with E-state index in [9.17, 15) is 35.8 Å². The number of anilines is 1. The lowest BCUT2D eigenvalue weighted by Crippen LogP contribution is -2.38. The number of aromatic nitrogens is 1. The molecule has 58 heavy (non-hydrogen) atoms. The van der Waals surface area contributed by atoms with Gasteiger partial charge in [0.2, 0.25) is 11.2 Å². The number of allylic oxidation sites excluding steroid dienone is 4. The summed E-state index contributed by atoms with van der Waals surface area (Å²) < 4.78 is 66.0. The lowest BCUT2D eigenvalue weighted by atomic mass is 9.86. The summed E-state index contributed by atoms with van der Waals surface area (Å²) in [6.07, 6.45) is 16.4. The number of carbonyl (C=O) groups is 1. The summed E-state index contributed by atoms with van der Waals surface area (Å²) in [6.45, 7) is 5.48. The zero-order valence-corrected chi connectivity index (χ0v) is 33.4. The average molecular weight is 813 g/mol. The smallest absolute Gasteiger partial charge is 0.294 e. The van der Waals surface area contributed by atoms with Gasteiger partial charge < -0.3 is 10.0 Å². The Kier molecular flexibility index (Phi) is 11.3. The molecule has 4 aromatic carbocycles. The molecule has 294 valence electrons. The summed E-state index contributed by atoms with van der Waals surface area (Å²) in [5.74, 6) is -0.599. The van der Waals surface area contributed by atoms with Gasteiger partial charge in [-0.25, -0.2) is 0 Å². The second-order valence-corrected chi connectivity index (χ2v) is 16.8. The third kappa shape index (κ3) is 8.55. The van der Waals surface area contributed by atoms with Gasteiger partial charge in [0.15, 0.2) is 5.78 Å². The number of hydrogen-bond donors (Lipinski definition) is 2. The van der Waals surface area contributed by atoms with Crippen LogP contribution in [0.15, 0.2) is 142 Å². The van der Waals surface area contributed by atoms with Crippen LogP contribution in [0, 0.1) is 0 Å². The van der Waals surface area contributed by atoms with Gasteiger partial charge in [-0.15, -0.1) is 0 Å². The van der Waals surface area contributed by atoms with E-state index in [4.69, 9.17) is 0 Å². The highest BCUT2D eigenvalue weighted by Crippen LogP contribution is 2.36. The molecule has 0 spiro atoms. The first-order valence-electron chi connectivity index (χ1n) is 18.7. The molecule has 5 aromatic rings. The Labute approximate surface area is 337 Å². The molecule has 1 aliphatic carbocycles. The Morgan fingerprint density at radius 1 is 0.672 bits per heavy atom. The fourth-order valence-corrected chi connectivity index (χ4v) is 7.96. The molecule has 12 heteroatoms. The van der Waals surface area contributed by atoms with Crippen LogP contribution < -0.4 is 14.6 Å². The SMILES string of the molecule is CCCN1C(=CC2=C([O-])C(=Cc3ccc4cc(/C=C/c5ccc(S(=O)(=O)O)cc5)ccc4[n+]3CCC)C2=O)C=Cc2cc(/C=C/c3ccc(S(=O)(=O)O)cc3)ccc21. The van der Waals surface area contributed by atoms with Crippen LogP contribution >= 0.6 is 0 Å². The number of nitrogens with zero attached hydrogens (tertiary/aromatic N) is 2. The molecule has 0 atom stereocenters. The minimum Gasteiger partial charge on any atom is -0.871 e. The molecule has 0 saturated carbocycles. The molecule has 2 heterocycles. The number of hydrogen-bond acceptors (Lipinski definition) is 7. The quantitative estimate of drug-likeness (QED) is 0.0556. The molecule has 1 aromatic heterocycles. The van der Waals surface area contributed by atoms with Crippen molar-refractivity contribution in [3.05, 3.63) is 165 Å². The lowest BCUT2D eigenvalue weighted by Gasteiger charge is -2.33. The Bertz CT molecular complexity index is 2870. The summed E-state index contributed by atoms with van der Waals surface area (Å²) in [4.78, 5) is 15.3. The second kappa shape index (κ2) is 16.4. The van der Waals surface area contributed by atoms with Gasteiger partial charge in [0.1, 0.15) is 6.54 Å². The molecule has 0 saturated heterocycles. The maximum Gasteiger partial charge on any atom is 0.294 e. The van der Waals surface area contributed by atoms with Gasteiger partial charge in [-0.1, -0.05) is 80.3 Å². The van der Waals surface area contributed by atoms with E-state index in [1.54, 1.807) is 36.4 Å². The first kappa shape index (κ1) is 40.0. The van der Waals surface area contributed by atoms with E-state index in [1.807, 2.05) is 85.0 Å². The van der Waals surface area contributed by atoms with Crippen molar-refractivity contribution < 1.29 is 40.4 Å². The Morgan fingerprint density at radius 3 is 1.81 bits per heavy atom. The van der Waals surface area contributed by atoms with E-state index in [0.717, 1.165) is 68.6 Å².